The molecule has 82 valence electrons. The molecule has 0 atom stereocenters. The van der Waals surface area contributed by atoms with Crippen molar-refractivity contribution in [3.63, 3.8) is 0 Å². The van der Waals surface area contributed by atoms with Crippen molar-refractivity contribution in [2.24, 2.45) is 0 Å². The lowest BCUT2D eigenvalue weighted by Crippen LogP contribution is -2.49. The minimum Gasteiger partial charge on any atom is -0.390 e. The number of hydrogen-bond donors (Lipinski definition) is 1. The SMILES string of the molecule is OC1CN(Cc2ccnc3ccccc23)C1. The highest BCUT2D eigenvalue weighted by Crippen LogP contribution is 2.20. The van der Waals surface area contributed by atoms with Gasteiger partial charge in [0.25, 0.3) is 0 Å². The van der Waals surface area contributed by atoms with Crippen LogP contribution in [-0.2, 0) is 6.54 Å². The van der Waals surface area contributed by atoms with Crippen molar-refractivity contribution >= 4 is 10.9 Å². The molecule has 0 spiro atoms. The van der Waals surface area contributed by atoms with Gasteiger partial charge < -0.3 is 5.11 Å². The molecule has 16 heavy (non-hydrogen) atoms. The molecule has 0 amide bonds. The second-order valence-electron chi connectivity index (χ2n) is 4.34. The third kappa shape index (κ3) is 1.68. The fourth-order valence-electron chi connectivity index (χ4n) is 2.21. The van der Waals surface area contributed by atoms with E-state index in [1.807, 2.05) is 24.4 Å². The van der Waals surface area contributed by atoms with Crippen molar-refractivity contribution < 1.29 is 5.11 Å². The average molecular weight is 214 g/mol. The Morgan fingerprint density at radius 3 is 2.88 bits per heavy atom. The highest BCUT2D eigenvalue weighted by atomic mass is 16.3. The number of aliphatic hydroxyl groups is 1. The van der Waals surface area contributed by atoms with Gasteiger partial charge in [-0.2, -0.15) is 0 Å². The van der Waals surface area contributed by atoms with Crippen LogP contribution in [0.3, 0.4) is 0 Å². The number of para-hydroxylation sites is 1. The van der Waals surface area contributed by atoms with Gasteiger partial charge in [0.15, 0.2) is 0 Å². The van der Waals surface area contributed by atoms with Crippen molar-refractivity contribution in [3.05, 3.63) is 42.1 Å². The Bertz CT molecular complexity index is 501. The van der Waals surface area contributed by atoms with Crippen molar-refractivity contribution in [1.29, 1.82) is 0 Å². The van der Waals surface area contributed by atoms with Crippen LogP contribution in [0.2, 0.25) is 0 Å². The maximum atomic E-state index is 9.26. The van der Waals surface area contributed by atoms with Crippen LogP contribution in [0.5, 0.6) is 0 Å². The molecule has 2 heterocycles. The molecule has 1 fully saturated rings. The molecule has 1 saturated heterocycles. The molecule has 0 bridgehead atoms. The van der Waals surface area contributed by atoms with Crippen molar-refractivity contribution in [1.82, 2.24) is 9.88 Å². The van der Waals surface area contributed by atoms with E-state index in [-0.39, 0.29) is 6.10 Å². The Kier molecular flexibility index (Phi) is 2.35. The summed E-state index contributed by atoms with van der Waals surface area (Å²) in [5.74, 6) is 0. The van der Waals surface area contributed by atoms with Crippen molar-refractivity contribution in [3.8, 4) is 0 Å². The summed E-state index contributed by atoms with van der Waals surface area (Å²) in [6.45, 7) is 2.48. The molecule has 1 aliphatic heterocycles. The fourth-order valence-corrected chi connectivity index (χ4v) is 2.21. The zero-order chi connectivity index (χ0) is 11.0. The number of nitrogens with zero attached hydrogens (tertiary/aromatic N) is 2. The molecule has 0 saturated carbocycles. The highest BCUT2D eigenvalue weighted by Gasteiger charge is 2.24. The molecule has 3 heteroatoms. The molecule has 1 aromatic carbocycles. The second-order valence-corrected chi connectivity index (χ2v) is 4.34. The summed E-state index contributed by atoms with van der Waals surface area (Å²) in [7, 11) is 0. The predicted octanol–water partition coefficient (Wildman–Crippen LogP) is 1.41. The number of fused-ring (bicyclic) bond motifs is 1. The molecule has 0 unspecified atom stereocenters. The van der Waals surface area contributed by atoms with Gasteiger partial charge in [0.1, 0.15) is 0 Å². The highest BCUT2D eigenvalue weighted by molar-refractivity contribution is 5.81. The molecule has 0 aliphatic carbocycles. The molecular formula is C13H14N2O. The summed E-state index contributed by atoms with van der Waals surface area (Å²) in [6.07, 6.45) is 1.72. The van der Waals surface area contributed by atoms with Gasteiger partial charge >= 0.3 is 0 Å². The van der Waals surface area contributed by atoms with Crippen LogP contribution in [0, 0.1) is 0 Å². The molecule has 1 N–H and O–H groups in total. The number of likely N-dealkylation sites (tertiary alicyclic amines) is 1. The van der Waals surface area contributed by atoms with Crippen LogP contribution in [0.1, 0.15) is 5.56 Å². The van der Waals surface area contributed by atoms with E-state index in [4.69, 9.17) is 0 Å². The molecule has 3 rings (SSSR count). The van der Waals surface area contributed by atoms with E-state index in [0.717, 1.165) is 25.2 Å². The van der Waals surface area contributed by atoms with Crippen LogP contribution in [-0.4, -0.2) is 34.2 Å². The number of aromatic nitrogens is 1. The quantitative estimate of drug-likeness (QED) is 0.821. The van der Waals surface area contributed by atoms with Gasteiger partial charge in [-0.05, 0) is 17.7 Å². The fraction of sp³-hybridized carbons (Fsp3) is 0.308. The van der Waals surface area contributed by atoms with E-state index in [0.29, 0.717) is 0 Å². The van der Waals surface area contributed by atoms with E-state index in [9.17, 15) is 5.11 Å². The molecule has 0 radical (unpaired) electrons. The van der Waals surface area contributed by atoms with E-state index in [1.54, 1.807) is 0 Å². The van der Waals surface area contributed by atoms with Gasteiger partial charge in [-0.1, -0.05) is 18.2 Å². The minimum absolute atomic E-state index is 0.131. The van der Waals surface area contributed by atoms with Crippen LogP contribution in [0.15, 0.2) is 36.5 Å². The van der Waals surface area contributed by atoms with E-state index >= 15 is 0 Å². The van der Waals surface area contributed by atoms with Crippen LogP contribution in [0.4, 0.5) is 0 Å². The number of rotatable bonds is 2. The summed E-state index contributed by atoms with van der Waals surface area (Å²) in [5, 5.41) is 10.5. The number of β-amino-alcohol motifs (C(OH)–C–C–N with tert-alkyl or cyclic N) is 1. The van der Waals surface area contributed by atoms with Crippen molar-refractivity contribution in [2.45, 2.75) is 12.6 Å². The Morgan fingerprint density at radius 2 is 2.06 bits per heavy atom. The Balaban J connectivity index is 1.91. The Morgan fingerprint density at radius 1 is 1.25 bits per heavy atom. The van der Waals surface area contributed by atoms with Gasteiger partial charge in [0, 0.05) is 31.2 Å². The number of benzene rings is 1. The Hall–Kier alpha value is -1.45. The smallest absolute Gasteiger partial charge is 0.0794 e. The predicted molar refractivity (Wildman–Crippen MR) is 63.0 cm³/mol. The van der Waals surface area contributed by atoms with Crippen LogP contribution in [0.25, 0.3) is 10.9 Å². The monoisotopic (exact) mass is 214 g/mol. The maximum absolute atomic E-state index is 9.26. The molecule has 2 aromatic rings. The van der Waals surface area contributed by atoms with E-state index < -0.39 is 0 Å². The topological polar surface area (TPSA) is 36.4 Å². The van der Waals surface area contributed by atoms with Gasteiger partial charge in [-0.3, -0.25) is 9.88 Å². The zero-order valence-electron chi connectivity index (χ0n) is 9.00. The van der Waals surface area contributed by atoms with Gasteiger partial charge in [0.2, 0.25) is 0 Å². The molecule has 3 nitrogen and oxygen atoms in total. The largest absolute Gasteiger partial charge is 0.390 e. The average Bonchev–Trinajstić information content (AvgIpc) is 2.27. The third-order valence-electron chi connectivity index (χ3n) is 3.07. The lowest BCUT2D eigenvalue weighted by atomic mass is 10.1. The lowest BCUT2D eigenvalue weighted by Gasteiger charge is -2.35. The first-order chi connectivity index (χ1) is 7.83. The summed E-state index contributed by atoms with van der Waals surface area (Å²) in [5.41, 5.74) is 2.33. The zero-order valence-corrected chi connectivity index (χ0v) is 9.00. The molecular weight excluding hydrogens is 200 g/mol. The standard InChI is InChI=1S/C13H14N2O/c16-11-8-15(9-11)7-10-5-6-14-13-4-2-1-3-12(10)13/h1-6,11,16H,7-9H2. The summed E-state index contributed by atoms with van der Waals surface area (Å²) >= 11 is 0. The van der Waals surface area contributed by atoms with Gasteiger partial charge in [0.05, 0.1) is 11.6 Å². The first kappa shape index (κ1) is 9.75. The van der Waals surface area contributed by atoms with E-state index in [1.165, 1.54) is 10.9 Å². The van der Waals surface area contributed by atoms with Gasteiger partial charge in [-0.15, -0.1) is 0 Å². The summed E-state index contributed by atoms with van der Waals surface area (Å²) < 4.78 is 0. The van der Waals surface area contributed by atoms with Crippen molar-refractivity contribution in [2.75, 3.05) is 13.1 Å². The number of hydrogen-bond acceptors (Lipinski definition) is 3. The second kappa shape index (κ2) is 3.85. The summed E-state index contributed by atoms with van der Waals surface area (Å²) in [4.78, 5) is 6.58. The molecule has 1 aromatic heterocycles. The lowest BCUT2D eigenvalue weighted by molar-refractivity contribution is -0.00264. The number of pyridine rings is 1. The first-order valence-corrected chi connectivity index (χ1v) is 5.56. The van der Waals surface area contributed by atoms with E-state index in [2.05, 4.69) is 22.0 Å². The third-order valence-corrected chi connectivity index (χ3v) is 3.07. The summed E-state index contributed by atoms with van der Waals surface area (Å²) in [6, 6.07) is 10.2. The normalized spacial score (nSPS) is 17.6. The number of aliphatic hydroxyl groups excluding tert-OH is 1. The maximum Gasteiger partial charge on any atom is 0.0794 e. The minimum atomic E-state index is -0.131. The Labute approximate surface area is 94.3 Å². The van der Waals surface area contributed by atoms with Gasteiger partial charge in [-0.25, -0.2) is 0 Å². The van der Waals surface area contributed by atoms with Crippen LogP contribution < -0.4 is 0 Å². The van der Waals surface area contributed by atoms with Crippen LogP contribution >= 0.6 is 0 Å². The molecule has 1 aliphatic rings. The first-order valence-electron chi connectivity index (χ1n) is 5.56.